The molecule has 0 bridgehead atoms. The SMILES string of the molecule is Cc1nc2cc(CNC(=O)Oc3ccccc3)ccc2n1C. The molecule has 0 atom stereocenters. The zero-order valence-corrected chi connectivity index (χ0v) is 12.5. The van der Waals surface area contributed by atoms with Crippen molar-refractivity contribution in [2.75, 3.05) is 0 Å². The first-order valence-electron chi connectivity index (χ1n) is 7.06. The van der Waals surface area contributed by atoms with Gasteiger partial charge in [0.15, 0.2) is 0 Å². The summed E-state index contributed by atoms with van der Waals surface area (Å²) in [7, 11) is 1.99. The third-order valence-electron chi connectivity index (χ3n) is 3.56. The lowest BCUT2D eigenvalue weighted by molar-refractivity contribution is 0.200. The Hall–Kier alpha value is -2.82. The molecule has 0 spiro atoms. The first-order valence-corrected chi connectivity index (χ1v) is 7.06. The first kappa shape index (κ1) is 14.1. The van der Waals surface area contributed by atoms with E-state index in [2.05, 4.69) is 10.3 Å². The summed E-state index contributed by atoms with van der Waals surface area (Å²) in [6.07, 6.45) is -0.469. The van der Waals surface area contributed by atoms with Gasteiger partial charge in [-0.15, -0.1) is 0 Å². The number of nitrogens with zero attached hydrogens (tertiary/aromatic N) is 2. The molecule has 5 nitrogen and oxygen atoms in total. The Balaban J connectivity index is 1.65. The molecule has 1 amide bonds. The van der Waals surface area contributed by atoms with Crippen LogP contribution in [0.25, 0.3) is 11.0 Å². The number of aryl methyl sites for hydroxylation is 2. The van der Waals surface area contributed by atoms with Crippen LogP contribution in [-0.4, -0.2) is 15.6 Å². The number of carbonyl (C=O) groups is 1. The van der Waals surface area contributed by atoms with Crippen molar-refractivity contribution in [2.45, 2.75) is 13.5 Å². The Morgan fingerprint density at radius 3 is 2.77 bits per heavy atom. The molecule has 2 aromatic carbocycles. The number of amides is 1. The number of carbonyl (C=O) groups excluding carboxylic acids is 1. The number of hydrogen-bond acceptors (Lipinski definition) is 3. The van der Waals surface area contributed by atoms with Crippen LogP contribution in [0.5, 0.6) is 5.75 Å². The molecule has 22 heavy (non-hydrogen) atoms. The summed E-state index contributed by atoms with van der Waals surface area (Å²) < 4.78 is 7.21. The third kappa shape index (κ3) is 2.93. The largest absolute Gasteiger partial charge is 0.412 e. The van der Waals surface area contributed by atoms with Gasteiger partial charge in [-0.05, 0) is 36.8 Å². The summed E-state index contributed by atoms with van der Waals surface area (Å²) >= 11 is 0. The lowest BCUT2D eigenvalue weighted by Gasteiger charge is -2.06. The topological polar surface area (TPSA) is 56.1 Å². The minimum Gasteiger partial charge on any atom is -0.410 e. The van der Waals surface area contributed by atoms with Crippen LogP contribution in [0.4, 0.5) is 4.79 Å². The van der Waals surface area contributed by atoms with Crippen LogP contribution in [0.3, 0.4) is 0 Å². The van der Waals surface area contributed by atoms with E-state index in [1.165, 1.54) is 0 Å². The van der Waals surface area contributed by atoms with Gasteiger partial charge in [0.2, 0.25) is 0 Å². The molecule has 1 aromatic heterocycles. The second-order valence-corrected chi connectivity index (χ2v) is 5.10. The fourth-order valence-corrected chi connectivity index (χ4v) is 2.28. The number of aromatic nitrogens is 2. The van der Waals surface area contributed by atoms with Crippen LogP contribution in [0, 0.1) is 6.92 Å². The molecule has 3 rings (SSSR count). The number of benzene rings is 2. The number of nitrogens with one attached hydrogen (secondary N) is 1. The molecule has 0 saturated carbocycles. The van der Waals surface area contributed by atoms with Crippen molar-refractivity contribution in [3.8, 4) is 5.75 Å². The molecule has 1 N–H and O–H groups in total. The second-order valence-electron chi connectivity index (χ2n) is 5.10. The van der Waals surface area contributed by atoms with E-state index in [9.17, 15) is 4.79 Å². The fourth-order valence-electron chi connectivity index (χ4n) is 2.28. The maximum Gasteiger partial charge on any atom is 0.412 e. The molecule has 112 valence electrons. The molecule has 0 aliphatic carbocycles. The summed E-state index contributed by atoms with van der Waals surface area (Å²) in [5.74, 6) is 1.49. The average Bonchev–Trinajstić information content (AvgIpc) is 2.81. The highest BCUT2D eigenvalue weighted by molar-refractivity contribution is 5.77. The molecule has 3 aromatic rings. The predicted octanol–water partition coefficient (Wildman–Crippen LogP) is 3.17. The smallest absolute Gasteiger partial charge is 0.410 e. The van der Waals surface area contributed by atoms with E-state index in [0.717, 1.165) is 22.4 Å². The molecule has 5 heteroatoms. The van der Waals surface area contributed by atoms with E-state index in [0.29, 0.717) is 12.3 Å². The number of ether oxygens (including phenoxy) is 1. The summed E-state index contributed by atoms with van der Waals surface area (Å²) in [5.41, 5.74) is 2.99. The van der Waals surface area contributed by atoms with Crippen LogP contribution in [0.1, 0.15) is 11.4 Å². The highest BCUT2D eigenvalue weighted by atomic mass is 16.5. The molecule has 0 aliphatic rings. The van der Waals surface area contributed by atoms with Crippen LogP contribution in [-0.2, 0) is 13.6 Å². The van der Waals surface area contributed by atoms with Crippen molar-refractivity contribution >= 4 is 17.1 Å². The maximum absolute atomic E-state index is 11.8. The summed E-state index contributed by atoms with van der Waals surface area (Å²) in [4.78, 5) is 16.2. The molecule has 0 aliphatic heterocycles. The van der Waals surface area contributed by atoms with Gasteiger partial charge < -0.3 is 14.6 Å². The van der Waals surface area contributed by atoms with E-state index in [4.69, 9.17) is 4.74 Å². The van der Waals surface area contributed by atoms with Crippen LogP contribution < -0.4 is 10.1 Å². The average molecular weight is 295 g/mol. The monoisotopic (exact) mass is 295 g/mol. The van der Waals surface area contributed by atoms with Gasteiger partial charge in [0.05, 0.1) is 11.0 Å². The molecular formula is C17H17N3O2. The predicted molar refractivity (Wildman–Crippen MR) is 84.8 cm³/mol. The fraction of sp³-hybridized carbons (Fsp3) is 0.176. The van der Waals surface area contributed by atoms with Crippen molar-refractivity contribution < 1.29 is 9.53 Å². The Bertz CT molecular complexity index is 809. The van der Waals surface area contributed by atoms with Gasteiger partial charge in [-0.3, -0.25) is 0 Å². The Morgan fingerprint density at radius 2 is 2.00 bits per heavy atom. The minimum atomic E-state index is -0.469. The number of rotatable bonds is 3. The molecule has 0 fully saturated rings. The maximum atomic E-state index is 11.8. The van der Waals surface area contributed by atoms with Gasteiger partial charge >= 0.3 is 6.09 Å². The number of imidazole rings is 1. The molecule has 0 saturated heterocycles. The van der Waals surface area contributed by atoms with Crippen LogP contribution >= 0.6 is 0 Å². The summed E-state index contributed by atoms with van der Waals surface area (Å²) in [5, 5.41) is 2.74. The number of fused-ring (bicyclic) bond motifs is 1. The molecule has 0 radical (unpaired) electrons. The molecular weight excluding hydrogens is 278 g/mol. The van der Waals surface area contributed by atoms with Crippen LogP contribution in [0.2, 0.25) is 0 Å². The van der Waals surface area contributed by atoms with E-state index < -0.39 is 6.09 Å². The van der Waals surface area contributed by atoms with E-state index >= 15 is 0 Å². The van der Waals surface area contributed by atoms with Crippen molar-refractivity contribution in [3.05, 3.63) is 59.9 Å². The Labute approximate surface area is 128 Å². The number of hydrogen-bond donors (Lipinski definition) is 1. The van der Waals surface area contributed by atoms with Gasteiger partial charge in [-0.1, -0.05) is 24.3 Å². The minimum absolute atomic E-state index is 0.400. The highest BCUT2D eigenvalue weighted by Gasteiger charge is 2.07. The summed E-state index contributed by atoms with van der Waals surface area (Å²) in [6.45, 7) is 2.37. The summed E-state index contributed by atoms with van der Waals surface area (Å²) in [6, 6.07) is 14.9. The van der Waals surface area contributed by atoms with Gasteiger partial charge in [0.1, 0.15) is 11.6 Å². The number of para-hydroxylation sites is 1. The van der Waals surface area contributed by atoms with Gasteiger partial charge in [0, 0.05) is 13.6 Å². The Kier molecular flexibility index (Phi) is 3.78. The van der Waals surface area contributed by atoms with Crippen molar-refractivity contribution in [1.29, 1.82) is 0 Å². The Morgan fingerprint density at radius 1 is 1.23 bits per heavy atom. The van der Waals surface area contributed by atoms with Crippen LogP contribution in [0.15, 0.2) is 48.5 Å². The van der Waals surface area contributed by atoms with Gasteiger partial charge in [-0.2, -0.15) is 0 Å². The van der Waals surface area contributed by atoms with Crippen molar-refractivity contribution in [2.24, 2.45) is 7.05 Å². The van der Waals surface area contributed by atoms with Gasteiger partial charge in [0.25, 0.3) is 0 Å². The van der Waals surface area contributed by atoms with E-state index in [1.807, 2.05) is 54.9 Å². The molecule has 1 heterocycles. The second kappa shape index (κ2) is 5.89. The standard InChI is InChI=1S/C17H17N3O2/c1-12-19-15-10-13(8-9-16(15)20(12)2)11-18-17(21)22-14-6-4-3-5-7-14/h3-10H,11H2,1-2H3,(H,18,21). The van der Waals surface area contributed by atoms with E-state index in [-0.39, 0.29) is 0 Å². The normalized spacial score (nSPS) is 10.6. The zero-order chi connectivity index (χ0) is 15.5. The lowest BCUT2D eigenvalue weighted by atomic mass is 10.2. The van der Waals surface area contributed by atoms with Crippen molar-refractivity contribution in [1.82, 2.24) is 14.9 Å². The van der Waals surface area contributed by atoms with E-state index in [1.54, 1.807) is 12.1 Å². The third-order valence-corrected chi connectivity index (χ3v) is 3.56. The first-order chi connectivity index (χ1) is 10.6. The van der Waals surface area contributed by atoms with Gasteiger partial charge in [-0.25, -0.2) is 9.78 Å². The zero-order valence-electron chi connectivity index (χ0n) is 12.5. The quantitative estimate of drug-likeness (QED) is 0.807. The lowest BCUT2D eigenvalue weighted by Crippen LogP contribution is -2.26. The highest BCUT2D eigenvalue weighted by Crippen LogP contribution is 2.16. The molecule has 0 unspecified atom stereocenters. The van der Waals surface area contributed by atoms with Crippen molar-refractivity contribution in [3.63, 3.8) is 0 Å².